The summed E-state index contributed by atoms with van der Waals surface area (Å²) in [4.78, 5) is 11.6. The third kappa shape index (κ3) is 2.96. The van der Waals surface area contributed by atoms with E-state index in [1.807, 2.05) is 13.8 Å². The Morgan fingerprint density at radius 3 is 2.57 bits per heavy atom. The average molecular weight is 274 g/mol. The first kappa shape index (κ1) is 11.5. The van der Waals surface area contributed by atoms with E-state index in [0.29, 0.717) is 10.6 Å². The molecule has 0 aliphatic rings. The van der Waals surface area contributed by atoms with Crippen LogP contribution in [-0.2, 0) is 0 Å². The summed E-state index contributed by atoms with van der Waals surface area (Å²) in [5.41, 5.74) is 1.62. The van der Waals surface area contributed by atoms with Crippen LogP contribution in [0.25, 0.3) is 0 Å². The van der Waals surface area contributed by atoms with Crippen LogP contribution in [0.2, 0.25) is 5.02 Å². The van der Waals surface area contributed by atoms with Gasteiger partial charge in [-0.15, -0.1) is 0 Å². The molecule has 1 rings (SSSR count). The fourth-order valence-electron chi connectivity index (χ4n) is 1.03. The topological polar surface area (TPSA) is 17.1 Å². The van der Waals surface area contributed by atoms with Gasteiger partial charge in [-0.25, -0.2) is 0 Å². The van der Waals surface area contributed by atoms with Gasteiger partial charge in [-0.2, -0.15) is 0 Å². The van der Waals surface area contributed by atoms with Gasteiger partial charge in [0.25, 0.3) is 0 Å². The van der Waals surface area contributed by atoms with Crippen LogP contribution >= 0.6 is 27.5 Å². The summed E-state index contributed by atoms with van der Waals surface area (Å²) < 4.78 is 0.729. The highest BCUT2D eigenvalue weighted by molar-refractivity contribution is 9.10. The smallest absolute Gasteiger partial charge is 0.186 e. The molecule has 0 bridgehead atoms. The van der Waals surface area contributed by atoms with Gasteiger partial charge in [-0.05, 0) is 54.1 Å². The zero-order valence-electron chi connectivity index (χ0n) is 7.97. The van der Waals surface area contributed by atoms with E-state index in [0.717, 1.165) is 10.0 Å². The maximum absolute atomic E-state index is 11.6. The fourth-order valence-corrected chi connectivity index (χ4v) is 1.91. The lowest BCUT2D eigenvalue weighted by atomic mass is 10.1. The van der Waals surface area contributed by atoms with Gasteiger partial charge in [0, 0.05) is 15.1 Å². The Labute approximate surface area is 96.9 Å². The molecule has 0 saturated heterocycles. The third-order valence-electron chi connectivity index (χ3n) is 1.62. The van der Waals surface area contributed by atoms with E-state index in [2.05, 4.69) is 15.9 Å². The van der Waals surface area contributed by atoms with Crippen molar-refractivity contribution in [1.82, 2.24) is 0 Å². The number of carbonyl (C=O) groups excluding carboxylic acids is 1. The van der Waals surface area contributed by atoms with E-state index in [1.165, 1.54) is 0 Å². The summed E-state index contributed by atoms with van der Waals surface area (Å²) >= 11 is 9.07. The molecule has 0 N–H and O–H groups in total. The maximum atomic E-state index is 11.6. The Morgan fingerprint density at radius 2 is 2.07 bits per heavy atom. The zero-order valence-corrected chi connectivity index (χ0v) is 10.3. The lowest BCUT2D eigenvalue weighted by Gasteiger charge is -2.00. The van der Waals surface area contributed by atoms with Crippen LogP contribution in [0.15, 0.2) is 34.3 Å². The number of halogens is 2. The fraction of sp³-hybridized carbons (Fsp3) is 0.182. The molecule has 14 heavy (non-hydrogen) atoms. The standard InChI is InChI=1S/C11H10BrClO/c1-7(2)5-11(14)9-4-3-8(13)6-10(9)12/h3-6H,1-2H3. The Balaban J connectivity index is 3.08. The molecule has 0 aliphatic heterocycles. The molecular formula is C11H10BrClO. The van der Waals surface area contributed by atoms with Crippen LogP contribution in [0, 0.1) is 0 Å². The molecule has 3 heteroatoms. The molecule has 1 nitrogen and oxygen atoms in total. The zero-order chi connectivity index (χ0) is 10.7. The average Bonchev–Trinajstić information content (AvgIpc) is 2.01. The van der Waals surface area contributed by atoms with Crippen LogP contribution in [-0.4, -0.2) is 5.78 Å². The second-order valence-electron chi connectivity index (χ2n) is 3.21. The summed E-state index contributed by atoms with van der Waals surface area (Å²) in [6.07, 6.45) is 1.61. The lowest BCUT2D eigenvalue weighted by molar-refractivity contribution is 0.104. The summed E-state index contributed by atoms with van der Waals surface area (Å²) in [7, 11) is 0. The Kier molecular flexibility index (Phi) is 3.90. The highest BCUT2D eigenvalue weighted by Crippen LogP contribution is 2.22. The van der Waals surface area contributed by atoms with Gasteiger partial charge in [-0.1, -0.05) is 17.2 Å². The number of allylic oxidation sites excluding steroid dienone is 2. The minimum Gasteiger partial charge on any atom is -0.289 e. The van der Waals surface area contributed by atoms with Crippen molar-refractivity contribution in [2.75, 3.05) is 0 Å². The molecule has 0 heterocycles. The molecule has 0 amide bonds. The SMILES string of the molecule is CC(C)=CC(=O)c1ccc(Cl)cc1Br. The van der Waals surface area contributed by atoms with Crippen LogP contribution < -0.4 is 0 Å². The van der Waals surface area contributed by atoms with E-state index in [4.69, 9.17) is 11.6 Å². The number of hydrogen-bond donors (Lipinski definition) is 0. The number of hydrogen-bond acceptors (Lipinski definition) is 1. The molecule has 0 atom stereocenters. The Hall–Kier alpha value is -0.600. The van der Waals surface area contributed by atoms with Crippen LogP contribution in [0.1, 0.15) is 24.2 Å². The molecule has 1 aromatic rings. The summed E-state index contributed by atoms with van der Waals surface area (Å²) in [5, 5.41) is 0.616. The molecule has 74 valence electrons. The first-order valence-electron chi connectivity index (χ1n) is 4.15. The molecule has 1 aromatic carbocycles. The number of ketones is 1. The van der Waals surface area contributed by atoms with Gasteiger partial charge in [0.15, 0.2) is 5.78 Å². The highest BCUT2D eigenvalue weighted by atomic mass is 79.9. The monoisotopic (exact) mass is 272 g/mol. The summed E-state index contributed by atoms with van der Waals surface area (Å²) in [5.74, 6) is -0.00598. The minimum atomic E-state index is -0.00598. The molecule has 0 aromatic heterocycles. The molecule has 0 unspecified atom stereocenters. The predicted molar refractivity (Wildman–Crippen MR) is 62.9 cm³/mol. The second kappa shape index (κ2) is 4.76. The highest BCUT2D eigenvalue weighted by Gasteiger charge is 2.07. The van der Waals surface area contributed by atoms with Gasteiger partial charge >= 0.3 is 0 Å². The Bertz CT molecular complexity index is 392. The van der Waals surface area contributed by atoms with E-state index in [-0.39, 0.29) is 5.78 Å². The van der Waals surface area contributed by atoms with E-state index in [1.54, 1.807) is 24.3 Å². The first-order chi connectivity index (χ1) is 6.50. The lowest BCUT2D eigenvalue weighted by Crippen LogP contribution is -1.96. The molecule has 0 saturated carbocycles. The summed E-state index contributed by atoms with van der Waals surface area (Å²) in [6, 6.07) is 5.14. The predicted octanol–water partition coefficient (Wildman–Crippen LogP) is 4.25. The second-order valence-corrected chi connectivity index (χ2v) is 4.50. The normalized spacial score (nSPS) is 9.71. The van der Waals surface area contributed by atoms with Crippen molar-refractivity contribution in [3.8, 4) is 0 Å². The van der Waals surface area contributed by atoms with E-state index < -0.39 is 0 Å². The van der Waals surface area contributed by atoms with Crippen molar-refractivity contribution in [3.05, 3.63) is 44.9 Å². The van der Waals surface area contributed by atoms with E-state index >= 15 is 0 Å². The van der Waals surface area contributed by atoms with Gasteiger partial charge in [0.05, 0.1) is 0 Å². The Morgan fingerprint density at radius 1 is 1.43 bits per heavy atom. The van der Waals surface area contributed by atoms with Gasteiger partial charge in [0.2, 0.25) is 0 Å². The van der Waals surface area contributed by atoms with Crippen molar-refractivity contribution >= 4 is 33.3 Å². The van der Waals surface area contributed by atoms with Crippen LogP contribution in [0.3, 0.4) is 0 Å². The largest absolute Gasteiger partial charge is 0.289 e. The first-order valence-corrected chi connectivity index (χ1v) is 5.32. The maximum Gasteiger partial charge on any atom is 0.186 e. The van der Waals surface area contributed by atoms with E-state index in [9.17, 15) is 4.79 Å². The van der Waals surface area contributed by atoms with Gasteiger partial charge in [0.1, 0.15) is 0 Å². The van der Waals surface area contributed by atoms with Crippen molar-refractivity contribution in [1.29, 1.82) is 0 Å². The van der Waals surface area contributed by atoms with Gasteiger partial charge < -0.3 is 0 Å². The molecular weight excluding hydrogens is 263 g/mol. The van der Waals surface area contributed by atoms with Crippen molar-refractivity contribution < 1.29 is 4.79 Å². The molecule has 0 radical (unpaired) electrons. The van der Waals surface area contributed by atoms with Crippen molar-refractivity contribution in [3.63, 3.8) is 0 Å². The molecule has 0 aliphatic carbocycles. The van der Waals surface area contributed by atoms with Crippen LogP contribution in [0.5, 0.6) is 0 Å². The third-order valence-corrected chi connectivity index (χ3v) is 2.51. The molecule has 0 spiro atoms. The number of rotatable bonds is 2. The van der Waals surface area contributed by atoms with Crippen molar-refractivity contribution in [2.45, 2.75) is 13.8 Å². The van der Waals surface area contributed by atoms with Crippen molar-refractivity contribution in [2.24, 2.45) is 0 Å². The van der Waals surface area contributed by atoms with Gasteiger partial charge in [-0.3, -0.25) is 4.79 Å². The number of benzene rings is 1. The minimum absolute atomic E-state index is 0.00598. The molecule has 0 fully saturated rings. The number of carbonyl (C=O) groups is 1. The summed E-state index contributed by atoms with van der Waals surface area (Å²) in [6.45, 7) is 3.78. The van der Waals surface area contributed by atoms with Crippen LogP contribution in [0.4, 0.5) is 0 Å². The quantitative estimate of drug-likeness (QED) is 0.581.